The Hall–Kier alpha value is -4.54. The second kappa shape index (κ2) is 8.86. The predicted octanol–water partition coefficient (Wildman–Crippen LogP) is 1.76. The zero-order chi connectivity index (χ0) is 21.6. The molecule has 2 N–H and O–H groups in total. The van der Waals surface area contributed by atoms with E-state index in [0.717, 1.165) is 0 Å². The van der Waals surface area contributed by atoms with Crippen molar-refractivity contribution < 1.29 is 14.3 Å². The van der Waals surface area contributed by atoms with Gasteiger partial charge >= 0.3 is 0 Å². The minimum Gasteiger partial charge on any atom is -0.497 e. The van der Waals surface area contributed by atoms with Crippen LogP contribution >= 0.6 is 0 Å². The molecule has 156 valence electrons. The minimum atomic E-state index is -0.538. The summed E-state index contributed by atoms with van der Waals surface area (Å²) in [5.41, 5.74) is 1.72. The summed E-state index contributed by atoms with van der Waals surface area (Å²) in [6.07, 6.45) is 2.97. The molecule has 0 saturated heterocycles. The summed E-state index contributed by atoms with van der Waals surface area (Å²) in [4.78, 5) is 25.8. The normalized spacial score (nSPS) is 10.5. The van der Waals surface area contributed by atoms with E-state index in [-0.39, 0.29) is 18.3 Å². The number of nitrogens with zero attached hydrogens (tertiary/aromatic N) is 6. The third-order valence-corrected chi connectivity index (χ3v) is 4.17. The standard InChI is InChI=1S/C20H18N8O3/c1-31-17-9-7-14(8-10-17)22-18(29)13-27-12-15(11-21-27)23-20(30)19-24-26-28(25-19)16-5-3-2-4-6-16/h2-12H,13H2,1H3,(H,22,29)(H,23,30). The maximum absolute atomic E-state index is 12.4. The molecule has 0 bridgehead atoms. The zero-order valence-electron chi connectivity index (χ0n) is 16.5. The fourth-order valence-corrected chi connectivity index (χ4v) is 2.70. The average Bonchev–Trinajstić information content (AvgIpc) is 3.45. The maximum Gasteiger partial charge on any atom is 0.297 e. The molecule has 4 aromatic rings. The Morgan fingerprint density at radius 2 is 1.77 bits per heavy atom. The van der Waals surface area contributed by atoms with Gasteiger partial charge in [0.05, 0.1) is 24.7 Å². The molecule has 11 heteroatoms. The van der Waals surface area contributed by atoms with Gasteiger partial charge in [-0.1, -0.05) is 18.2 Å². The SMILES string of the molecule is COc1ccc(NC(=O)Cn2cc(NC(=O)c3nnn(-c4ccccc4)n3)cn2)cc1. The number of rotatable bonds is 7. The van der Waals surface area contributed by atoms with Gasteiger partial charge in [0.15, 0.2) is 0 Å². The van der Waals surface area contributed by atoms with E-state index in [1.54, 1.807) is 43.5 Å². The fraction of sp³-hybridized carbons (Fsp3) is 0.100. The van der Waals surface area contributed by atoms with Gasteiger partial charge in [0.1, 0.15) is 12.3 Å². The van der Waals surface area contributed by atoms with Crippen LogP contribution < -0.4 is 15.4 Å². The minimum absolute atomic E-state index is 0.0235. The molecule has 0 fully saturated rings. The quantitative estimate of drug-likeness (QED) is 0.468. The van der Waals surface area contributed by atoms with Crippen LogP contribution in [0.3, 0.4) is 0 Å². The van der Waals surface area contributed by atoms with Crippen LogP contribution in [0.2, 0.25) is 0 Å². The van der Waals surface area contributed by atoms with Crippen LogP contribution in [0.5, 0.6) is 5.75 Å². The van der Waals surface area contributed by atoms with Crippen molar-refractivity contribution in [2.75, 3.05) is 17.7 Å². The van der Waals surface area contributed by atoms with E-state index in [1.807, 2.05) is 18.2 Å². The van der Waals surface area contributed by atoms with Crippen molar-refractivity contribution in [1.29, 1.82) is 0 Å². The number of amides is 2. The van der Waals surface area contributed by atoms with Crippen molar-refractivity contribution in [3.05, 3.63) is 72.8 Å². The van der Waals surface area contributed by atoms with E-state index >= 15 is 0 Å². The van der Waals surface area contributed by atoms with Gasteiger partial charge in [-0.3, -0.25) is 14.3 Å². The summed E-state index contributed by atoms with van der Waals surface area (Å²) in [6, 6.07) is 16.1. The van der Waals surface area contributed by atoms with Gasteiger partial charge < -0.3 is 15.4 Å². The van der Waals surface area contributed by atoms with Crippen LogP contribution in [0.25, 0.3) is 5.69 Å². The number of anilines is 2. The molecule has 31 heavy (non-hydrogen) atoms. The van der Waals surface area contributed by atoms with Gasteiger partial charge in [-0.2, -0.15) is 5.10 Å². The number of ether oxygens (including phenoxy) is 1. The third-order valence-electron chi connectivity index (χ3n) is 4.17. The third kappa shape index (κ3) is 4.90. The Balaban J connectivity index is 1.33. The molecule has 0 spiro atoms. The molecule has 0 aliphatic carbocycles. The second-order valence-electron chi connectivity index (χ2n) is 6.40. The summed E-state index contributed by atoms with van der Waals surface area (Å²) < 4.78 is 6.49. The van der Waals surface area contributed by atoms with E-state index in [1.165, 1.54) is 21.9 Å². The van der Waals surface area contributed by atoms with Gasteiger partial charge in [0.2, 0.25) is 5.91 Å². The van der Waals surface area contributed by atoms with Crippen LogP contribution in [0, 0.1) is 0 Å². The molecule has 4 rings (SSSR count). The smallest absolute Gasteiger partial charge is 0.297 e. The number of aromatic nitrogens is 6. The van der Waals surface area contributed by atoms with E-state index in [0.29, 0.717) is 22.8 Å². The predicted molar refractivity (Wildman–Crippen MR) is 111 cm³/mol. The molecular weight excluding hydrogens is 400 g/mol. The summed E-state index contributed by atoms with van der Waals surface area (Å²) >= 11 is 0. The molecule has 0 saturated carbocycles. The molecule has 11 nitrogen and oxygen atoms in total. The molecular formula is C20H18N8O3. The van der Waals surface area contributed by atoms with Crippen molar-refractivity contribution in [3.8, 4) is 11.4 Å². The number of nitrogens with one attached hydrogen (secondary N) is 2. The number of tetrazole rings is 1. The number of para-hydroxylation sites is 1. The summed E-state index contributed by atoms with van der Waals surface area (Å²) in [5.74, 6) is -0.194. The van der Waals surface area contributed by atoms with Gasteiger partial charge in [0.25, 0.3) is 11.7 Å². The Bertz CT molecular complexity index is 1180. The first kappa shape index (κ1) is 19.8. The lowest BCUT2D eigenvalue weighted by Crippen LogP contribution is -2.19. The van der Waals surface area contributed by atoms with Gasteiger partial charge in [0, 0.05) is 11.9 Å². The fourth-order valence-electron chi connectivity index (χ4n) is 2.70. The van der Waals surface area contributed by atoms with Gasteiger partial charge in [-0.25, -0.2) is 0 Å². The Morgan fingerprint density at radius 3 is 2.52 bits per heavy atom. The van der Waals surface area contributed by atoms with E-state index in [4.69, 9.17) is 4.74 Å². The van der Waals surface area contributed by atoms with Crippen molar-refractivity contribution in [1.82, 2.24) is 30.0 Å². The lowest BCUT2D eigenvalue weighted by molar-refractivity contribution is -0.116. The van der Waals surface area contributed by atoms with Gasteiger partial charge in [-0.05, 0) is 41.6 Å². The molecule has 0 aliphatic heterocycles. The lowest BCUT2D eigenvalue weighted by Gasteiger charge is -2.06. The number of benzene rings is 2. The molecule has 2 aromatic heterocycles. The van der Waals surface area contributed by atoms with Gasteiger partial charge in [-0.15, -0.1) is 15.0 Å². The maximum atomic E-state index is 12.4. The highest BCUT2D eigenvalue weighted by atomic mass is 16.5. The van der Waals surface area contributed by atoms with Crippen LogP contribution in [0.15, 0.2) is 67.0 Å². The molecule has 2 amide bonds. The monoisotopic (exact) mass is 418 g/mol. The van der Waals surface area contributed by atoms with Crippen molar-refractivity contribution in [2.24, 2.45) is 0 Å². The van der Waals surface area contributed by atoms with Crippen LogP contribution in [-0.2, 0) is 11.3 Å². The highest BCUT2D eigenvalue weighted by molar-refractivity contribution is 6.01. The van der Waals surface area contributed by atoms with Crippen molar-refractivity contribution in [3.63, 3.8) is 0 Å². The van der Waals surface area contributed by atoms with E-state index in [2.05, 4.69) is 31.1 Å². The first-order valence-electron chi connectivity index (χ1n) is 9.24. The number of methoxy groups -OCH3 is 1. The highest BCUT2D eigenvalue weighted by Gasteiger charge is 2.15. The molecule has 2 heterocycles. The number of hydrogen-bond donors (Lipinski definition) is 2. The first-order valence-corrected chi connectivity index (χ1v) is 9.24. The highest BCUT2D eigenvalue weighted by Crippen LogP contribution is 2.15. The number of carbonyl (C=O) groups is 2. The summed E-state index contributed by atoms with van der Waals surface area (Å²) in [6.45, 7) is -0.0235. The van der Waals surface area contributed by atoms with Crippen LogP contribution in [0.4, 0.5) is 11.4 Å². The zero-order valence-corrected chi connectivity index (χ0v) is 16.5. The summed E-state index contributed by atoms with van der Waals surface area (Å²) in [5, 5.41) is 21.2. The lowest BCUT2D eigenvalue weighted by atomic mass is 10.3. The molecule has 0 unspecified atom stereocenters. The second-order valence-corrected chi connectivity index (χ2v) is 6.40. The Labute approximate surface area is 176 Å². The molecule has 0 aliphatic rings. The molecule has 0 radical (unpaired) electrons. The topological polar surface area (TPSA) is 129 Å². The van der Waals surface area contributed by atoms with Crippen LogP contribution in [0.1, 0.15) is 10.6 Å². The first-order chi connectivity index (χ1) is 15.1. The van der Waals surface area contributed by atoms with E-state index < -0.39 is 5.91 Å². The Kier molecular flexibility index (Phi) is 5.65. The number of hydrogen-bond acceptors (Lipinski definition) is 7. The molecule has 2 aromatic carbocycles. The van der Waals surface area contributed by atoms with Crippen molar-refractivity contribution in [2.45, 2.75) is 6.54 Å². The average molecular weight is 418 g/mol. The van der Waals surface area contributed by atoms with Crippen molar-refractivity contribution >= 4 is 23.2 Å². The summed E-state index contributed by atoms with van der Waals surface area (Å²) in [7, 11) is 1.57. The van der Waals surface area contributed by atoms with Crippen LogP contribution in [-0.4, -0.2) is 48.9 Å². The Morgan fingerprint density at radius 1 is 1.00 bits per heavy atom. The number of carbonyl (C=O) groups excluding carboxylic acids is 2. The largest absolute Gasteiger partial charge is 0.497 e. The van der Waals surface area contributed by atoms with E-state index in [9.17, 15) is 9.59 Å². The molecule has 0 atom stereocenters.